The minimum atomic E-state index is -0.620. The molecular formula is C21H19Cl2NO3. The molecule has 140 valence electrons. The number of aryl methyl sites for hydroxylation is 1. The number of carbonyl (C=O) groups is 2. The van der Waals surface area contributed by atoms with Crippen LogP contribution in [0.5, 0.6) is 0 Å². The van der Waals surface area contributed by atoms with E-state index in [0.29, 0.717) is 15.6 Å². The van der Waals surface area contributed by atoms with E-state index in [9.17, 15) is 9.59 Å². The lowest BCUT2D eigenvalue weighted by Gasteiger charge is -2.26. The third kappa shape index (κ3) is 5.12. The summed E-state index contributed by atoms with van der Waals surface area (Å²) in [6.45, 7) is -0.328. The van der Waals surface area contributed by atoms with E-state index in [4.69, 9.17) is 27.9 Å². The molecule has 0 unspecified atom stereocenters. The summed E-state index contributed by atoms with van der Waals surface area (Å²) in [6.07, 6.45) is 5.65. The van der Waals surface area contributed by atoms with Gasteiger partial charge in [0.1, 0.15) is 0 Å². The number of hydrogen-bond acceptors (Lipinski definition) is 3. The van der Waals surface area contributed by atoms with Crippen LogP contribution in [-0.2, 0) is 20.7 Å². The summed E-state index contributed by atoms with van der Waals surface area (Å²) >= 11 is 12.0. The molecule has 2 aromatic rings. The van der Waals surface area contributed by atoms with Crippen molar-refractivity contribution >= 4 is 41.2 Å². The van der Waals surface area contributed by atoms with Gasteiger partial charge < -0.3 is 10.1 Å². The van der Waals surface area contributed by atoms with Crippen molar-refractivity contribution < 1.29 is 14.3 Å². The van der Waals surface area contributed by atoms with Gasteiger partial charge in [0.25, 0.3) is 5.91 Å². The molecule has 3 rings (SSSR count). The van der Waals surface area contributed by atoms with Crippen molar-refractivity contribution in [3.05, 3.63) is 75.3 Å². The first-order valence-corrected chi connectivity index (χ1v) is 9.46. The maximum absolute atomic E-state index is 12.1. The molecule has 0 bridgehead atoms. The van der Waals surface area contributed by atoms with Gasteiger partial charge in [-0.25, -0.2) is 4.79 Å². The minimum Gasteiger partial charge on any atom is -0.452 e. The molecular weight excluding hydrogens is 385 g/mol. The maximum Gasteiger partial charge on any atom is 0.331 e. The highest BCUT2D eigenvalue weighted by Gasteiger charge is 2.21. The number of benzene rings is 2. The lowest BCUT2D eigenvalue weighted by molar-refractivity contribution is -0.144. The van der Waals surface area contributed by atoms with E-state index in [2.05, 4.69) is 11.4 Å². The van der Waals surface area contributed by atoms with E-state index in [1.807, 2.05) is 18.2 Å². The fraction of sp³-hybridized carbons (Fsp3) is 0.238. The molecule has 1 N–H and O–H groups in total. The van der Waals surface area contributed by atoms with Crippen LogP contribution < -0.4 is 5.32 Å². The first kappa shape index (κ1) is 19.5. The van der Waals surface area contributed by atoms with Gasteiger partial charge in [0.05, 0.1) is 16.1 Å². The van der Waals surface area contributed by atoms with Crippen LogP contribution in [0.3, 0.4) is 0 Å². The van der Waals surface area contributed by atoms with Crippen LogP contribution in [0.15, 0.2) is 48.5 Å². The van der Waals surface area contributed by atoms with Crippen LogP contribution >= 0.6 is 23.2 Å². The molecule has 27 heavy (non-hydrogen) atoms. The van der Waals surface area contributed by atoms with Crippen molar-refractivity contribution in [2.24, 2.45) is 0 Å². The van der Waals surface area contributed by atoms with Crippen LogP contribution in [-0.4, -0.2) is 18.5 Å². The Morgan fingerprint density at radius 3 is 2.81 bits per heavy atom. The Bertz CT molecular complexity index is 879. The predicted octanol–water partition coefficient (Wildman–Crippen LogP) is 4.74. The normalized spacial score (nSPS) is 16.0. The van der Waals surface area contributed by atoms with Crippen molar-refractivity contribution in [3.8, 4) is 0 Å². The molecule has 1 amide bonds. The largest absolute Gasteiger partial charge is 0.452 e. The molecule has 1 aliphatic carbocycles. The summed E-state index contributed by atoms with van der Waals surface area (Å²) in [5.74, 6) is -0.940. The zero-order valence-corrected chi connectivity index (χ0v) is 16.1. The molecule has 1 atom stereocenters. The van der Waals surface area contributed by atoms with E-state index in [1.54, 1.807) is 18.2 Å². The van der Waals surface area contributed by atoms with Crippen LogP contribution in [0.25, 0.3) is 6.08 Å². The van der Waals surface area contributed by atoms with Gasteiger partial charge in [-0.05, 0) is 48.1 Å². The number of amides is 1. The van der Waals surface area contributed by atoms with Crippen LogP contribution in [0, 0.1) is 0 Å². The summed E-state index contributed by atoms with van der Waals surface area (Å²) in [6, 6.07) is 13.2. The fourth-order valence-corrected chi connectivity index (χ4v) is 3.50. The fourth-order valence-electron chi connectivity index (χ4n) is 3.13. The standard InChI is InChI=1S/C21H19Cl2NO3/c22-17-9-3-7-15(21(17)23)11-12-20(26)27-13-19(25)24-18-10-4-6-14-5-1-2-8-16(14)18/h1-3,5,7-9,11-12,18H,4,6,10,13H2,(H,24,25)/b12-11+/t18-/m1/s1. The molecule has 4 nitrogen and oxygen atoms in total. The topological polar surface area (TPSA) is 55.4 Å². The molecule has 0 aliphatic heterocycles. The molecule has 0 aromatic heterocycles. The second-order valence-electron chi connectivity index (χ2n) is 6.30. The molecule has 0 spiro atoms. The highest BCUT2D eigenvalue weighted by Crippen LogP contribution is 2.29. The van der Waals surface area contributed by atoms with E-state index in [0.717, 1.165) is 24.8 Å². The number of nitrogens with one attached hydrogen (secondary N) is 1. The maximum atomic E-state index is 12.1. The van der Waals surface area contributed by atoms with Crippen molar-refractivity contribution in [1.82, 2.24) is 5.32 Å². The van der Waals surface area contributed by atoms with Crippen molar-refractivity contribution in [2.75, 3.05) is 6.61 Å². The van der Waals surface area contributed by atoms with Gasteiger partial charge in [-0.2, -0.15) is 0 Å². The van der Waals surface area contributed by atoms with Crippen LogP contribution in [0.1, 0.15) is 35.6 Å². The number of halogens is 2. The monoisotopic (exact) mass is 403 g/mol. The number of fused-ring (bicyclic) bond motifs is 1. The lowest BCUT2D eigenvalue weighted by Crippen LogP contribution is -2.34. The molecule has 2 aromatic carbocycles. The average molecular weight is 404 g/mol. The third-order valence-electron chi connectivity index (χ3n) is 4.43. The van der Waals surface area contributed by atoms with E-state index >= 15 is 0 Å². The predicted molar refractivity (Wildman–Crippen MR) is 107 cm³/mol. The van der Waals surface area contributed by atoms with Gasteiger partial charge in [-0.1, -0.05) is 59.6 Å². The first-order chi connectivity index (χ1) is 13.0. The van der Waals surface area contributed by atoms with Gasteiger partial charge in [-0.15, -0.1) is 0 Å². The third-order valence-corrected chi connectivity index (χ3v) is 5.26. The Balaban J connectivity index is 1.52. The highest BCUT2D eigenvalue weighted by molar-refractivity contribution is 6.42. The van der Waals surface area contributed by atoms with Gasteiger partial charge in [0, 0.05) is 6.08 Å². The number of hydrogen-bond donors (Lipinski definition) is 1. The van der Waals surface area contributed by atoms with Crippen LogP contribution in [0.2, 0.25) is 10.0 Å². The lowest BCUT2D eigenvalue weighted by atomic mass is 9.88. The Morgan fingerprint density at radius 1 is 1.15 bits per heavy atom. The van der Waals surface area contributed by atoms with Gasteiger partial charge in [-0.3, -0.25) is 4.79 Å². The molecule has 0 saturated heterocycles. The Hall–Kier alpha value is -2.30. The first-order valence-electron chi connectivity index (χ1n) is 8.70. The molecule has 0 heterocycles. The second kappa shape index (κ2) is 9.07. The van der Waals surface area contributed by atoms with Crippen molar-refractivity contribution in [1.29, 1.82) is 0 Å². The molecule has 0 fully saturated rings. The van der Waals surface area contributed by atoms with Crippen molar-refractivity contribution in [2.45, 2.75) is 25.3 Å². The summed E-state index contributed by atoms with van der Waals surface area (Å²) in [4.78, 5) is 24.0. The zero-order valence-electron chi connectivity index (χ0n) is 14.6. The average Bonchev–Trinajstić information content (AvgIpc) is 2.68. The second-order valence-corrected chi connectivity index (χ2v) is 7.08. The summed E-state index contributed by atoms with van der Waals surface area (Å²) in [5.41, 5.74) is 3.00. The van der Waals surface area contributed by atoms with E-state index < -0.39 is 5.97 Å². The van der Waals surface area contributed by atoms with Gasteiger partial charge in [0.15, 0.2) is 6.61 Å². The zero-order chi connectivity index (χ0) is 19.2. The number of rotatable bonds is 5. The molecule has 1 aliphatic rings. The molecule has 0 saturated carbocycles. The summed E-state index contributed by atoms with van der Waals surface area (Å²) in [5, 5.41) is 3.70. The van der Waals surface area contributed by atoms with E-state index in [1.165, 1.54) is 17.7 Å². The van der Waals surface area contributed by atoms with Gasteiger partial charge in [0.2, 0.25) is 0 Å². The Kier molecular flexibility index (Phi) is 6.54. The van der Waals surface area contributed by atoms with Gasteiger partial charge >= 0.3 is 5.97 Å². The SMILES string of the molecule is O=C(COC(=O)/C=C/c1cccc(Cl)c1Cl)N[C@@H]1CCCc2ccccc21. The Labute approximate surface area is 168 Å². The quantitative estimate of drug-likeness (QED) is 0.578. The molecule has 6 heteroatoms. The number of esters is 1. The Morgan fingerprint density at radius 2 is 1.96 bits per heavy atom. The van der Waals surface area contributed by atoms with Crippen molar-refractivity contribution in [3.63, 3.8) is 0 Å². The highest BCUT2D eigenvalue weighted by atomic mass is 35.5. The molecule has 0 radical (unpaired) electrons. The summed E-state index contributed by atoms with van der Waals surface area (Å²) in [7, 11) is 0. The smallest absolute Gasteiger partial charge is 0.331 e. The minimum absolute atomic E-state index is 0.0399. The van der Waals surface area contributed by atoms with Crippen LogP contribution in [0.4, 0.5) is 0 Å². The number of carbonyl (C=O) groups excluding carboxylic acids is 2. The van der Waals surface area contributed by atoms with E-state index in [-0.39, 0.29) is 18.6 Å². The number of ether oxygens (including phenoxy) is 1. The summed E-state index contributed by atoms with van der Waals surface area (Å²) < 4.78 is 5.01.